The lowest BCUT2D eigenvalue weighted by Crippen LogP contribution is -2.36. The van der Waals surface area contributed by atoms with E-state index in [1.165, 1.54) is 0 Å². The number of anilines is 1. The molecule has 118 valence electrons. The van der Waals surface area contributed by atoms with Gasteiger partial charge in [-0.1, -0.05) is 22.4 Å². The van der Waals surface area contributed by atoms with Crippen LogP contribution in [0.5, 0.6) is 0 Å². The third kappa shape index (κ3) is 3.85. The Kier molecular flexibility index (Phi) is 5.55. The second-order valence-electron chi connectivity index (χ2n) is 5.12. The molecule has 1 aromatic carbocycles. The normalized spacial score (nSPS) is 16.5. The Hall–Kier alpha value is -2.34. The zero-order valence-electron chi connectivity index (χ0n) is 12.9. The molecule has 1 saturated heterocycles. The van der Waals surface area contributed by atoms with Crippen LogP contribution >= 0.6 is 0 Å². The van der Waals surface area contributed by atoms with Crippen LogP contribution in [0.3, 0.4) is 0 Å². The summed E-state index contributed by atoms with van der Waals surface area (Å²) in [5.74, 6) is 0. The van der Waals surface area contributed by atoms with E-state index in [9.17, 15) is 0 Å². The predicted molar refractivity (Wildman–Crippen MR) is 87.2 cm³/mol. The highest BCUT2D eigenvalue weighted by atomic mass is 16.5. The third-order valence-corrected chi connectivity index (χ3v) is 3.66. The van der Waals surface area contributed by atoms with Gasteiger partial charge in [0.25, 0.3) is 0 Å². The van der Waals surface area contributed by atoms with Crippen LogP contribution in [-0.4, -0.2) is 48.1 Å². The highest BCUT2D eigenvalue weighted by Gasteiger charge is 2.11. The molecule has 1 aliphatic heterocycles. The van der Waals surface area contributed by atoms with Crippen molar-refractivity contribution in [1.29, 1.82) is 0 Å². The van der Waals surface area contributed by atoms with Gasteiger partial charge in [0.05, 0.1) is 24.6 Å². The van der Waals surface area contributed by atoms with Gasteiger partial charge in [0.2, 0.25) is 0 Å². The van der Waals surface area contributed by atoms with Crippen molar-refractivity contribution in [2.24, 2.45) is 10.3 Å². The number of oxime groups is 2. The van der Waals surface area contributed by atoms with Gasteiger partial charge in [-0.15, -0.1) is 0 Å². The first-order valence-corrected chi connectivity index (χ1v) is 7.18. The predicted octanol–water partition coefficient (Wildman–Crippen LogP) is 2.61. The Labute approximate surface area is 130 Å². The molecule has 6 nitrogen and oxygen atoms in total. The van der Waals surface area contributed by atoms with Crippen LogP contribution in [0.1, 0.15) is 19.4 Å². The molecule has 0 aromatic heterocycles. The van der Waals surface area contributed by atoms with Crippen molar-refractivity contribution >= 4 is 23.2 Å². The molecule has 0 aliphatic carbocycles. The minimum absolute atomic E-state index is 0.396. The molecule has 1 aliphatic rings. The van der Waals surface area contributed by atoms with Crippen LogP contribution in [0.25, 0.3) is 6.08 Å². The minimum Gasteiger partial charge on any atom is -0.411 e. The van der Waals surface area contributed by atoms with Crippen LogP contribution in [-0.2, 0) is 4.74 Å². The second kappa shape index (κ2) is 7.61. The van der Waals surface area contributed by atoms with E-state index >= 15 is 0 Å². The molecular weight excluding hydrogens is 282 g/mol. The number of rotatable bonds is 4. The Morgan fingerprint density at radius 2 is 1.59 bits per heavy atom. The van der Waals surface area contributed by atoms with Crippen LogP contribution in [0.4, 0.5) is 5.69 Å². The van der Waals surface area contributed by atoms with E-state index in [0.29, 0.717) is 17.0 Å². The van der Waals surface area contributed by atoms with Gasteiger partial charge in [0.1, 0.15) is 0 Å². The lowest BCUT2D eigenvalue weighted by atomic mass is 10.0. The minimum atomic E-state index is 0.396. The molecule has 0 amide bonds. The van der Waals surface area contributed by atoms with Crippen LogP contribution < -0.4 is 4.90 Å². The molecule has 2 N–H and O–H groups in total. The van der Waals surface area contributed by atoms with Gasteiger partial charge in [-0.05, 0) is 37.6 Å². The maximum absolute atomic E-state index is 8.93. The molecule has 1 aromatic rings. The number of benzene rings is 1. The van der Waals surface area contributed by atoms with E-state index in [4.69, 9.17) is 15.2 Å². The van der Waals surface area contributed by atoms with E-state index in [2.05, 4.69) is 15.2 Å². The highest BCUT2D eigenvalue weighted by Crippen LogP contribution is 2.18. The van der Waals surface area contributed by atoms with E-state index < -0.39 is 0 Å². The van der Waals surface area contributed by atoms with Gasteiger partial charge in [-0.25, -0.2) is 0 Å². The van der Waals surface area contributed by atoms with Gasteiger partial charge in [0, 0.05) is 24.4 Å². The summed E-state index contributed by atoms with van der Waals surface area (Å²) in [7, 11) is 0. The zero-order chi connectivity index (χ0) is 15.9. The Morgan fingerprint density at radius 1 is 1.05 bits per heavy atom. The van der Waals surface area contributed by atoms with Crippen LogP contribution in [0.2, 0.25) is 0 Å². The van der Waals surface area contributed by atoms with Crippen molar-refractivity contribution < 1.29 is 15.2 Å². The van der Waals surface area contributed by atoms with Crippen LogP contribution in [0.15, 0.2) is 40.1 Å². The number of ether oxygens (including phenoxy) is 1. The number of hydrogen-bond acceptors (Lipinski definition) is 6. The SMILES string of the molecule is C/C(=N\O)C(=Cc1ccc(N2CCOCC2)cc1)/C(C)=N/O. The van der Waals surface area contributed by atoms with Crippen LogP contribution in [0, 0.1) is 0 Å². The van der Waals surface area contributed by atoms with Gasteiger partial charge in [0.15, 0.2) is 0 Å². The van der Waals surface area contributed by atoms with Crippen molar-refractivity contribution in [3.63, 3.8) is 0 Å². The smallest absolute Gasteiger partial charge is 0.0856 e. The molecule has 0 bridgehead atoms. The quantitative estimate of drug-likeness (QED) is 0.509. The van der Waals surface area contributed by atoms with Gasteiger partial charge >= 0.3 is 0 Å². The lowest BCUT2D eigenvalue weighted by molar-refractivity contribution is 0.122. The second-order valence-corrected chi connectivity index (χ2v) is 5.12. The molecule has 2 rings (SSSR count). The highest BCUT2D eigenvalue weighted by molar-refractivity contribution is 6.25. The number of hydrogen-bond donors (Lipinski definition) is 2. The summed E-state index contributed by atoms with van der Waals surface area (Å²) < 4.78 is 5.35. The summed E-state index contributed by atoms with van der Waals surface area (Å²) in [5, 5.41) is 24.2. The monoisotopic (exact) mass is 303 g/mol. The summed E-state index contributed by atoms with van der Waals surface area (Å²) in [4.78, 5) is 2.28. The molecule has 0 atom stereocenters. The number of allylic oxidation sites excluding steroid dienone is 1. The van der Waals surface area contributed by atoms with Crippen molar-refractivity contribution in [3.8, 4) is 0 Å². The third-order valence-electron chi connectivity index (χ3n) is 3.66. The van der Waals surface area contributed by atoms with Gasteiger partial charge < -0.3 is 20.1 Å². The summed E-state index contributed by atoms with van der Waals surface area (Å²) in [6, 6.07) is 8.07. The zero-order valence-corrected chi connectivity index (χ0v) is 12.9. The molecule has 22 heavy (non-hydrogen) atoms. The summed E-state index contributed by atoms with van der Waals surface area (Å²) in [6.45, 7) is 6.61. The first-order valence-electron chi connectivity index (χ1n) is 7.18. The van der Waals surface area contributed by atoms with Gasteiger partial charge in [-0.3, -0.25) is 0 Å². The van der Waals surface area contributed by atoms with E-state index in [1.807, 2.05) is 30.3 Å². The molecule has 0 unspecified atom stereocenters. The largest absolute Gasteiger partial charge is 0.411 e. The van der Waals surface area contributed by atoms with Gasteiger partial charge in [-0.2, -0.15) is 0 Å². The summed E-state index contributed by atoms with van der Waals surface area (Å²) >= 11 is 0. The summed E-state index contributed by atoms with van der Waals surface area (Å²) in [6.07, 6.45) is 1.83. The molecule has 1 heterocycles. The van der Waals surface area contributed by atoms with E-state index in [-0.39, 0.29) is 0 Å². The average molecular weight is 303 g/mol. The Balaban J connectivity index is 2.23. The molecule has 0 radical (unpaired) electrons. The molecule has 0 saturated carbocycles. The number of morpholine rings is 1. The fraction of sp³-hybridized carbons (Fsp3) is 0.375. The lowest BCUT2D eigenvalue weighted by Gasteiger charge is -2.28. The Morgan fingerprint density at radius 3 is 2.09 bits per heavy atom. The topological polar surface area (TPSA) is 77.7 Å². The maximum Gasteiger partial charge on any atom is 0.0856 e. The van der Waals surface area contributed by atoms with E-state index in [0.717, 1.165) is 37.6 Å². The average Bonchev–Trinajstić information content (AvgIpc) is 2.59. The standard InChI is InChI=1S/C16H21N3O3/c1-12(17-20)16(13(2)18-21)11-14-3-5-15(6-4-14)19-7-9-22-10-8-19/h3-6,11,20-21H,7-10H2,1-2H3/b17-12+,18-13+. The molecule has 1 fully saturated rings. The van der Waals surface area contributed by atoms with Crippen molar-refractivity contribution in [2.75, 3.05) is 31.2 Å². The fourth-order valence-corrected chi connectivity index (χ4v) is 2.35. The number of nitrogens with zero attached hydrogens (tertiary/aromatic N) is 3. The van der Waals surface area contributed by atoms with Crippen molar-refractivity contribution in [3.05, 3.63) is 35.4 Å². The molecule has 6 heteroatoms. The molecule has 0 spiro atoms. The molecular formula is C16H21N3O3. The summed E-state index contributed by atoms with van der Waals surface area (Å²) in [5.41, 5.74) is 3.48. The first kappa shape index (κ1) is 16.0. The first-order chi connectivity index (χ1) is 10.7. The maximum atomic E-state index is 8.93. The Bertz CT molecular complexity index is 565. The van der Waals surface area contributed by atoms with Crippen molar-refractivity contribution in [1.82, 2.24) is 0 Å². The van der Waals surface area contributed by atoms with Crippen molar-refractivity contribution in [2.45, 2.75) is 13.8 Å². The fourth-order valence-electron chi connectivity index (χ4n) is 2.35. The van der Waals surface area contributed by atoms with E-state index in [1.54, 1.807) is 13.8 Å².